The molecule has 3 rings (SSSR count). The number of hydrogen-bond acceptors (Lipinski definition) is 3. The summed E-state index contributed by atoms with van der Waals surface area (Å²) in [6.45, 7) is 3.21. The van der Waals surface area contributed by atoms with Gasteiger partial charge in [0, 0.05) is 11.6 Å². The number of anilines is 1. The van der Waals surface area contributed by atoms with E-state index in [0.717, 1.165) is 18.8 Å². The first-order valence-corrected chi connectivity index (χ1v) is 7.25. The predicted octanol–water partition coefficient (Wildman–Crippen LogP) is 1.97. The van der Waals surface area contributed by atoms with Crippen LogP contribution in [0.5, 0.6) is 0 Å². The Bertz CT molecular complexity index is 632. The van der Waals surface area contributed by atoms with Crippen molar-refractivity contribution in [2.75, 3.05) is 11.4 Å². The van der Waals surface area contributed by atoms with Crippen LogP contribution in [-0.2, 0) is 12.3 Å². The summed E-state index contributed by atoms with van der Waals surface area (Å²) in [5.41, 5.74) is -0.491. The van der Waals surface area contributed by atoms with Crippen molar-refractivity contribution in [3.05, 3.63) is 54.1 Å². The molecule has 0 bridgehead atoms. The fourth-order valence-electron chi connectivity index (χ4n) is 2.79. The molecule has 0 unspecified atom stereocenters. The number of nitrogens with zero attached hydrogens (tertiary/aromatic N) is 3. The third kappa shape index (κ3) is 2.38. The van der Waals surface area contributed by atoms with Crippen LogP contribution in [0.3, 0.4) is 0 Å². The number of aromatic nitrogens is 2. The van der Waals surface area contributed by atoms with Gasteiger partial charge in [-0.05, 0) is 30.7 Å². The van der Waals surface area contributed by atoms with Gasteiger partial charge in [-0.2, -0.15) is 0 Å². The molecule has 0 amide bonds. The Hall–Kier alpha value is -2.01. The maximum absolute atomic E-state index is 13.1. The van der Waals surface area contributed by atoms with Gasteiger partial charge in [0.05, 0.1) is 12.7 Å². The Morgan fingerprint density at radius 2 is 2.14 bits per heavy atom. The molecule has 0 radical (unpaired) electrons. The molecule has 0 fully saturated rings. The highest BCUT2D eigenvalue weighted by Crippen LogP contribution is 2.33. The van der Waals surface area contributed by atoms with Gasteiger partial charge in [-0.3, -0.25) is 0 Å². The van der Waals surface area contributed by atoms with E-state index >= 15 is 0 Å². The smallest absolute Gasteiger partial charge is 0.353 e. The lowest BCUT2D eigenvalue weighted by Crippen LogP contribution is -2.46. The predicted molar refractivity (Wildman–Crippen MR) is 77.0 cm³/mol. The summed E-state index contributed by atoms with van der Waals surface area (Å²) in [6, 6.07) is 7.89. The van der Waals surface area contributed by atoms with Crippen LogP contribution in [0.25, 0.3) is 0 Å². The molecule has 2 heterocycles. The zero-order chi connectivity index (χ0) is 14.9. The number of aliphatic hydroxyl groups is 1. The van der Waals surface area contributed by atoms with Crippen LogP contribution in [0.15, 0.2) is 42.7 Å². The number of fused-ring (bicyclic) bond motifs is 1. The summed E-state index contributed by atoms with van der Waals surface area (Å²) >= 11 is 0. The molecule has 1 N–H and O–H groups in total. The van der Waals surface area contributed by atoms with Crippen molar-refractivity contribution in [1.29, 1.82) is 0 Å². The highest BCUT2D eigenvalue weighted by atomic mass is 19.1. The van der Waals surface area contributed by atoms with E-state index in [2.05, 4.69) is 11.9 Å². The monoisotopic (exact) mass is 288 g/mol. The second-order valence-corrected chi connectivity index (χ2v) is 5.38. The Labute approximate surface area is 123 Å². The molecule has 21 heavy (non-hydrogen) atoms. The van der Waals surface area contributed by atoms with Crippen molar-refractivity contribution in [1.82, 2.24) is 4.98 Å². The van der Waals surface area contributed by atoms with E-state index in [0.29, 0.717) is 18.7 Å². The Balaban J connectivity index is 2.02. The molecule has 110 valence electrons. The second kappa shape index (κ2) is 5.41. The van der Waals surface area contributed by atoms with Gasteiger partial charge in [-0.1, -0.05) is 18.3 Å². The van der Waals surface area contributed by atoms with Crippen LogP contribution in [0.4, 0.5) is 10.3 Å². The van der Waals surface area contributed by atoms with Crippen molar-refractivity contribution >= 4 is 5.95 Å². The lowest BCUT2D eigenvalue weighted by Gasteiger charge is -2.28. The van der Waals surface area contributed by atoms with E-state index < -0.39 is 5.72 Å². The van der Waals surface area contributed by atoms with Gasteiger partial charge in [0.25, 0.3) is 0 Å². The van der Waals surface area contributed by atoms with Crippen molar-refractivity contribution < 1.29 is 14.1 Å². The highest BCUT2D eigenvalue weighted by Gasteiger charge is 2.50. The van der Waals surface area contributed by atoms with Crippen LogP contribution < -0.4 is 9.47 Å². The topological polar surface area (TPSA) is 40.2 Å². The molecule has 2 aromatic rings. The molecule has 1 aliphatic heterocycles. The van der Waals surface area contributed by atoms with E-state index in [1.54, 1.807) is 18.3 Å². The highest BCUT2D eigenvalue weighted by molar-refractivity contribution is 5.38. The van der Waals surface area contributed by atoms with Gasteiger partial charge in [-0.15, -0.1) is 0 Å². The quantitative estimate of drug-likeness (QED) is 0.875. The lowest BCUT2D eigenvalue weighted by molar-refractivity contribution is -0.685. The standard InChI is InChI=1S/C16H19FN3O/c1-2-3-11-20-15-18-9-4-10-19(15)12-16(20,21)13-5-7-14(17)8-6-13/h4-10,21H,2-3,11-12H2,1H3/q+1/t16-/m1/s1. The lowest BCUT2D eigenvalue weighted by atomic mass is 10.0. The summed E-state index contributed by atoms with van der Waals surface area (Å²) in [5, 5.41) is 11.2. The molecule has 0 aliphatic carbocycles. The van der Waals surface area contributed by atoms with Crippen molar-refractivity contribution in [3.63, 3.8) is 0 Å². The van der Waals surface area contributed by atoms with E-state index in [-0.39, 0.29) is 5.82 Å². The maximum atomic E-state index is 13.1. The zero-order valence-electron chi connectivity index (χ0n) is 12.0. The summed E-state index contributed by atoms with van der Waals surface area (Å²) in [6.07, 6.45) is 5.62. The number of rotatable bonds is 4. The Kier molecular flexibility index (Phi) is 3.59. The molecule has 1 aromatic carbocycles. The Morgan fingerprint density at radius 3 is 2.86 bits per heavy atom. The van der Waals surface area contributed by atoms with Gasteiger partial charge in [0.2, 0.25) is 5.72 Å². The van der Waals surface area contributed by atoms with Gasteiger partial charge < -0.3 is 5.11 Å². The summed E-state index contributed by atoms with van der Waals surface area (Å²) < 4.78 is 15.1. The molecule has 0 saturated carbocycles. The fraction of sp³-hybridized carbons (Fsp3) is 0.375. The van der Waals surface area contributed by atoms with Crippen LogP contribution >= 0.6 is 0 Å². The first-order chi connectivity index (χ1) is 10.1. The normalized spacial score (nSPS) is 20.6. The van der Waals surface area contributed by atoms with Crippen molar-refractivity contribution in [2.24, 2.45) is 0 Å². The molecule has 0 saturated heterocycles. The van der Waals surface area contributed by atoms with Crippen LogP contribution in [0.1, 0.15) is 25.3 Å². The molecule has 1 atom stereocenters. The van der Waals surface area contributed by atoms with Gasteiger partial charge in [0.15, 0.2) is 0 Å². The summed E-state index contributed by atoms with van der Waals surface area (Å²) in [5.74, 6) is 0.446. The fourth-order valence-corrected chi connectivity index (χ4v) is 2.79. The molecular formula is C16H19FN3O+. The molecule has 0 spiro atoms. The second-order valence-electron chi connectivity index (χ2n) is 5.38. The molecule has 5 heteroatoms. The molecular weight excluding hydrogens is 269 g/mol. The van der Waals surface area contributed by atoms with E-state index in [1.807, 2.05) is 21.7 Å². The van der Waals surface area contributed by atoms with E-state index in [1.165, 1.54) is 12.1 Å². The van der Waals surface area contributed by atoms with Gasteiger partial charge in [0.1, 0.15) is 18.6 Å². The van der Waals surface area contributed by atoms with Crippen molar-refractivity contribution in [2.45, 2.75) is 32.0 Å². The first-order valence-electron chi connectivity index (χ1n) is 7.25. The SMILES string of the molecule is CCCCN1c2nccc[n+]2C[C@@]1(O)c1ccc(F)cc1. The molecule has 1 aliphatic rings. The number of hydrogen-bond donors (Lipinski definition) is 1. The minimum atomic E-state index is -1.18. The summed E-state index contributed by atoms with van der Waals surface area (Å²) in [7, 11) is 0. The maximum Gasteiger partial charge on any atom is 0.396 e. The largest absolute Gasteiger partial charge is 0.396 e. The number of benzene rings is 1. The van der Waals surface area contributed by atoms with Gasteiger partial charge >= 0.3 is 5.95 Å². The average molecular weight is 288 g/mol. The minimum Gasteiger partial charge on any atom is -0.353 e. The van der Waals surface area contributed by atoms with Gasteiger partial charge in [-0.25, -0.2) is 13.9 Å². The third-order valence-corrected chi connectivity index (χ3v) is 3.92. The van der Waals surface area contributed by atoms with Crippen molar-refractivity contribution in [3.8, 4) is 0 Å². The Morgan fingerprint density at radius 1 is 1.38 bits per heavy atom. The number of unbranched alkanes of at least 4 members (excludes halogenated alkanes) is 1. The molecule has 1 aromatic heterocycles. The van der Waals surface area contributed by atoms with Crippen LogP contribution in [0.2, 0.25) is 0 Å². The van der Waals surface area contributed by atoms with Crippen LogP contribution in [0, 0.1) is 5.82 Å². The first kappa shape index (κ1) is 13.9. The average Bonchev–Trinajstić information content (AvgIpc) is 2.78. The zero-order valence-corrected chi connectivity index (χ0v) is 12.0. The van der Waals surface area contributed by atoms with E-state index in [4.69, 9.17) is 0 Å². The third-order valence-electron chi connectivity index (χ3n) is 3.92. The van der Waals surface area contributed by atoms with Crippen LogP contribution in [-0.4, -0.2) is 16.6 Å². The minimum absolute atomic E-state index is 0.302. The summed E-state index contributed by atoms with van der Waals surface area (Å²) in [4.78, 5) is 6.29. The van der Waals surface area contributed by atoms with E-state index in [9.17, 15) is 9.50 Å². The number of halogens is 1. The molecule has 4 nitrogen and oxygen atoms in total.